The van der Waals surface area contributed by atoms with E-state index in [-0.39, 0.29) is 14.8 Å². The molecule has 0 aliphatic carbocycles. The van der Waals surface area contributed by atoms with Crippen molar-refractivity contribution in [3.63, 3.8) is 0 Å². The molecular formula is C63H130Br2N+. The highest BCUT2D eigenvalue weighted by atomic mass is 79.9. The van der Waals surface area contributed by atoms with E-state index in [1.807, 2.05) is 0 Å². The van der Waals surface area contributed by atoms with Crippen molar-refractivity contribution in [1.82, 2.24) is 6.15 Å². The molecule has 0 amide bonds. The van der Waals surface area contributed by atoms with E-state index in [0.717, 1.165) is 0 Å². The largest absolute Gasteiger partial charge is 0.369 e. The first-order valence-electron chi connectivity index (χ1n) is 31.2. The molecule has 0 heterocycles. The Labute approximate surface area is 437 Å². The zero-order chi connectivity index (χ0) is 47.7. The van der Waals surface area contributed by atoms with Crippen LogP contribution in [-0.2, 0) is 0 Å². The van der Waals surface area contributed by atoms with Gasteiger partial charge in [0.25, 0.3) is 0 Å². The Morgan fingerprint density at radius 1 is 0.182 bits per heavy atom. The number of quaternary nitrogens is 1. The Bertz CT molecular complexity index is 791. The molecule has 4 N–H and O–H groups in total. The van der Waals surface area contributed by atoms with Crippen LogP contribution in [-0.4, -0.2) is 8.65 Å². The summed E-state index contributed by atoms with van der Waals surface area (Å²) in [5.41, 5.74) is 0.301. The number of halogens is 2. The molecule has 0 rings (SSSR count). The minimum Gasteiger partial charge on any atom is -0.369 e. The van der Waals surface area contributed by atoms with Crippen LogP contribution in [0.3, 0.4) is 0 Å². The number of unbranched alkanes of at least 4 members (excludes halogenated alkanes) is 42. The molecular weight excluding hydrogens is 931 g/mol. The summed E-state index contributed by atoms with van der Waals surface area (Å²) < 4.78 is 0.437. The van der Waals surface area contributed by atoms with Gasteiger partial charge in [0.2, 0.25) is 0 Å². The summed E-state index contributed by atoms with van der Waals surface area (Å²) in [4.78, 5) is 0. The molecule has 0 unspecified atom stereocenters. The molecule has 0 bridgehead atoms. The Kier molecular flexibility index (Phi) is 54.6. The second-order valence-electron chi connectivity index (χ2n) is 22.4. The van der Waals surface area contributed by atoms with Crippen molar-refractivity contribution in [2.24, 2.45) is 5.41 Å². The molecule has 0 aliphatic rings. The molecule has 400 valence electrons. The highest BCUT2D eigenvalue weighted by Gasteiger charge is 2.58. The van der Waals surface area contributed by atoms with Crippen LogP contribution in [0.4, 0.5) is 0 Å². The summed E-state index contributed by atoms with van der Waals surface area (Å²) in [6, 6.07) is 0. The second-order valence-corrected chi connectivity index (χ2v) is 25.4. The molecule has 0 radical (unpaired) electrons. The van der Waals surface area contributed by atoms with E-state index in [4.69, 9.17) is 31.9 Å². The van der Waals surface area contributed by atoms with Crippen LogP contribution in [0.1, 0.15) is 388 Å². The van der Waals surface area contributed by atoms with Gasteiger partial charge in [-0.1, -0.05) is 382 Å². The monoisotopic (exact) mass is 1060 g/mol. The van der Waals surface area contributed by atoms with Crippen LogP contribution in [0, 0.1) is 5.41 Å². The van der Waals surface area contributed by atoms with Crippen LogP contribution in [0.2, 0.25) is 0 Å². The van der Waals surface area contributed by atoms with Crippen molar-refractivity contribution in [3.8, 4) is 0 Å². The van der Waals surface area contributed by atoms with Crippen LogP contribution in [0.25, 0.3) is 0 Å². The molecule has 0 aromatic carbocycles. The van der Waals surface area contributed by atoms with Gasteiger partial charge in [0.1, 0.15) is 0 Å². The third-order valence-electron chi connectivity index (χ3n) is 16.3. The lowest BCUT2D eigenvalue weighted by Gasteiger charge is -2.58. The fourth-order valence-corrected chi connectivity index (χ4v) is 14.8. The van der Waals surface area contributed by atoms with Gasteiger partial charge in [0, 0.05) is 14.1 Å². The first-order valence-corrected chi connectivity index (χ1v) is 32.8. The van der Waals surface area contributed by atoms with Crippen molar-refractivity contribution in [3.05, 3.63) is 0 Å². The van der Waals surface area contributed by atoms with Crippen LogP contribution < -0.4 is 6.15 Å². The summed E-state index contributed by atoms with van der Waals surface area (Å²) in [6.45, 7) is 14.2. The third kappa shape index (κ3) is 36.8. The lowest BCUT2D eigenvalue weighted by Crippen LogP contribution is -2.56. The third-order valence-corrected chi connectivity index (χ3v) is 19.4. The van der Waals surface area contributed by atoms with E-state index in [1.165, 1.54) is 347 Å². The van der Waals surface area contributed by atoms with Gasteiger partial charge in [-0.05, 0) is 38.5 Å². The van der Waals surface area contributed by atoms with E-state index in [1.54, 1.807) is 0 Å². The minimum atomic E-state index is 0. The molecule has 0 saturated heterocycles. The second kappa shape index (κ2) is 52.2. The van der Waals surface area contributed by atoms with Crippen LogP contribution in [0.15, 0.2) is 0 Å². The average molecular weight is 1060 g/mol. The molecule has 66 heavy (non-hydrogen) atoms. The van der Waals surface area contributed by atoms with Gasteiger partial charge in [0.15, 0.2) is 0 Å². The zero-order valence-corrected chi connectivity index (χ0v) is 50.6. The zero-order valence-electron chi connectivity index (χ0n) is 47.4. The molecule has 0 aromatic rings. The van der Waals surface area contributed by atoms with Crippen molar-refractivity contribution in [2.75, 3.05) is 0 Å². The van der Waals surface area contributed by atoms with E-state index in [0.29, 0.717) is 5.41 Å². The van der Waals surface area contributed by atoms with Crippen molar-refractivity contribution in [1.29, 1.82) is 0 Å². The standard InChI is InChI=1S/C63H126Br2.H3N/c1-7-13-19-25-31-37-43-49-55-61(56-50-44-38-32-26-20-14-8-2,62(64,57-51-45-39-33-27-21-15-9-3)58-52-46-40-34-28-22-16-10-4)63(65,59-53-47-41-35-29-23-17-11-5)60-54-48-42-36-30-24-18-12-6;/h7-60H2,1-6H3;1H3/p+1. The Morgan fingerprint density at radius 3 is 0.455 bits per heavy atom. The van der Waals surface area contributed by atoms with Crippen molar-refractivity contribution in [2.45, 2.75) is 397 Å². The number of hydrogen-bond donors (Lipinski definition) is 1. The predicted octanol–water partition coefficient (Wildman–Crippen LogP) is 25.8. The molecule has 0 aromatic heterocycles. The molecule has 1 nitrogen and oxygen atoms in total. The average Bonchev–Trinajstić information content (AvgIpc) is 3.30. The van der Waals surface area contributed by atoms with Crippen molar-refractivity contribution >= 4 is 31.9 Å². The maximum absolute atomic E-state index is 5.06. The summed E-state index contributed by atoms with van der Waals surface area (Å²) in [6.07, 6.45) is 77.2. The highest BCUT2D eigenvalue weighted by Crippen LogP contribution is 2.64. The Balaban J connectivity index is 0. The maximum Gasteiger partial charge on any atom is 0.0327 e. The van der Waals surface area contributed by atoms with Gasteiger partial charge >= 0.3 is 0 Å². The summed E-state index contributed by atoms with van der Waals surface area (Å²) in [7, 11) is 0. The summed E-state index contributed by atoms with van der Waals surface area (Å²) >= 11 is 10.1. The van der Waals surface area contributed by atoms with Gasteiger partial charge in [-0.2, -0.15) is 0 Å². The van der Waals surface area contributed by atoms with Crippen LogP contribution in [0.5, 0.6) is 0 Å². The fourth-order valence-electron chi connectivity index (χ4n) is 11.9. The van der Waals surface area contributed by atoms with Gasteiger partial charge in [-0.15, -0.1) is 0 Å². The first kappa shape index (κ1) is 69.0. The van der Waals surface area contributed by atoms with Crippen molar-refractivity contribution < 1.29 is 0 Å². The number of alkyl halides is 2. The van der Waals surface area contributed by atoms with E-state index in [9.17, 15) is 0 Å². The summed E-state index contributed by atoms with van der Waals surface area (Å²) in [5.74, 6) is 0. The quantitative estimate of drug-likeness (QED) is 0.0466. The minimum absolute atomic E-state index is 0. The topological polar surface area (TPSA) is 36.5 Å². The Morgan fingerprint density at radius 2 is 0.303 bits per heavy atom. The Hall–Kier alpha value is 0.920. The lowest BCUT2D eigenvalue weighted by atomic mass is 9.56. The maximum atomic E-state index is 5.06. The molecule has 3 heteroatoms. The highest BCUT2D eigenvalue weighted by molar-refractivity contribution is 9.10. The SMILES string of the molecule is CCCCCCCCCCC(Br)(CCCCCCCCCC)C(CCCCCCCCCC)(CCCCCCCCCC)C(Br)(CCCCCCCCCC)CCCCCCCCCC.[NH4+]. The summed E-state index contributed by atoms with van der Waals surface area (Å²) in [5, 5.41) is 0. The van der Waals surface area contributed by atoms with Gasteiger partial charge in [-0.3, -0.25) is 0 Å². The van der Waals surface area contributed by atoms with E-state index >= 15 is 0 Å². The predicted molar refractivity (Wildman–Crippen MR) is 315 cm³/mol. The lowest BCUT2D eigenvalue weighted by molar-refractivity contribution is 0.0662. The fraction of sp³-hybridized carbons (Fsp3) is 1.00. The van der Waals surface area contributed by atoms with Gasteiger partial charge < -0.3 is 6.15 Å². The van der Waals surface area contributed by atoms with E-state index in [2.05, 4.69) is 41.5 Å². The molecule has 0 aliphatic heterocycles. The molecule has 0 saturated carbocycles. The molecule has 0 spiro atoms. The number of rotatable bonds is 56. The van der Waals surface area contributed by atoms with Gasteiger partial charge in [-0.25, -0.2) is 0 Å². The smallest absolute Gasteiger partial charge is 0.0327 e. The van der Waals surface area contributed by atoms with Gasteiger partial charge in [0.05, 0.1) is 0 Å². The molecule has 0 fully saturated rings. The van der Waals surface area contributed by atoms with E-state index < -0.39 is 0 Å². The molecule has 0 atom stereocenters. The number of hydrogen-bond acceptors (Lipinski definition) is 0. The normalized spacial score (nSPS) is 12.4. The van der Waals surface area contributed by atoms with Crippen LogP contribution >= 0.6 is 31.9 Å². The first-order chi connectivity index (χ1) is 31.9.